The molecular formula is C21H27N. The van der Waals surface area contributed by atoms with Gasteiger partial charge in [0.05, 0.1) is 6.54 Å². The van der Waals surface area contributed by atoms with Gasteiger partial charge in [-0.05, 0) is 80.8 Å². The van der Waals surface area contributed by atoms with Crippen LogP contribution in [-0.4, -0.2) is 12.6 Å². The van der Waals surface area contributed by atoms with E-state index in [9.17, 15) is 0 Å². The Kier molecular flexibility index (Phi) is 3.74. The van der Waals surface area contributed by atoms with Crippen LogP contribution in [0.15, 0.2) is 30.3 Å². The molecular weight excluding hydrogens is 266 g/mol. The number of hydrogen-bond acceptors (Lipinski definition) is 1. The predicted molar refractivity (Wildman–Crippen MR) is 91.4 cm³/mol. The normalized spacial score (nSPS) is 36.7. The largest absolute Gasteiger partial charge is 0.303 e. The molecule has 4 fully saturated rings. The summed E-state index contributed by atoms with van der Waals surface area (Å²) in [7, 11) is 0. The summed E-state index contributed by atoms with van der Waals surface area (Å²) in [5.74, 6) is 9.66. The van der Waals surface area contributed by atoms with E-state index < -0.39 is 0 Å². The second-order valence-electron chi connectivity index (χ2n) is 8.05. The molecule has 0 saturated heterocycles. The van der Waals surface area contributed by atoms with Crippen molar-refractivity contribution in [2.75, 3.05) is 6.54 Å². The Morgan fingerprint density at radius 1 is 1.05 bits per heavy atom. The zero-order valence-corrected chi connectivity index (χ0v) is 13.6. The summed E-state index contributed by atoms with van der Waals surface area (Å²) >= 11 is 0. The van der Waals surface area contributed by atoms with E-state index in [0.29, 0.717) is 11.5 Å². The molecule has 0 aromatic heterocycles. The first-order valence-electron chi connectivity index (χ1n) is 9.01. The molecule has 4 aliphatic rings. The fourth-order valence-corrected chi connectivity index (χ4v) is 5.80. The number of rotatable bonds is 3. The topological polar surface area (TPSA) is 12.0 Å². The van der Waals surface area contributed by atoms with E-state index in [2.05, 4.69) is 48.3 Å². The summed E-state index contributed by atoms with van der Waals surface area (Å²) in [6, 6.07) is 10.9. The Hall–Kier alpha value is -1.26. The molecule has 1 nitrogen and oxygen atoms in total. The summed E-state index contributed by atoms with van der Waals surface area (Å²) in [5, 5.41) is 3.74. The van der Waals surface area contributed by atoms with Crippen molar-refractivity contribution in [3.63, 3.8) is 0 Å². The second-order valence-corrected chi connectivity index (χ2v) is 8.05. The predicted octanol–water partition coefficient (Wildman–Crippen LogP) is 4.23. The van der Waals surface area contributed by atoms with Crippen LogP contribution in [0.25, 0.3) is 0 Å². The summed E-state index contributed by atoms with van der Waals surface area (Å²) in [6.45, 7) is 3.23. The highest BCUT2D eigenvalue weighted by Crippen LogP contribution is 2.61. The third kappa shape index (κ3) is 2.70. The first-order valence-corrected chi connectivity index (χ1v) is 9.01. The van der Waals surface area contributed by atoms with Gasteiger partial charge in [-0.2, -0.15) is 0 Å². The minimum absolute atomic E-state index is 0.586. The monoisotopic (exact) mass is 293 g/mol. The smallest absolute Gasteiger partial charge is 0.0582 e. The van der Waals surface area contributed by atoms with Gasteiger partial charge in [0.2, 0.25) is 0 Å². The van der Waals surface area contributed by atoms with Crippen molar-refractivity contribution in [3.05, 3.63) is 35.9 Å². The zero-order valence-electron chi connectivity index (χ0n) is 13.6. The van der Waals surface area contributed by atoms with Crippen molar-refractivity contribution in [1.29, 1.82) is 0 Å². The lowest BCUT2D eigenvalue weighted by Gasteiger charge is -2.59. The van der Waals surface area contributed by atoms with Gasteiger partial charge < -0.3 is 5.32 Å². The van der Waals surface area contributed by atoms with Crippen molar-refractivity contribution >= 4 is 0 Å². The lowest BCUT2D eigenvalue weighted by atomic mass is 9.48. The van der Waals surface area contributed by atoms with Gasteiger partial charge in [0.25, 0.3) is 0 Å². The average molecular weight is 293 g/mol. The molecule has 1 heteroatoms. The molecule has 0 unspecified atom stereocenters. The molecule has 1 aromatic rings. The van der Waals surface area contributed by atoms with Crippen molar-refractivity contribution in [1.82, 2.24) is 5.32 Å². The molecule has 0 radical (unpaired) electrons. The second kappa shape index (κ2) is 5.74. The molecule has 1 atom stereocenters. The first-order chi connectivity index (χ1) is 10.7. The summed E-state index contributed by atoms with van der Waals surface area (Å²) in [6.07, 6.45) is 9.00. The van der Waals surface area contributed by atoms with E-state index >= 15 is 0 Å². The number of nitrogens with one attached hydrogen (secondary N) is 1. The van der Waals surface area contributed by atoms with Crippen LogP contribution in [0.1, 0.15) is 51.0 Å². The summed E-state index contributed by atoms with van der Waals surface area (Å²) in [4.78, 5) is 0. The maximum Gasteiger partial charge on any atom is 0.0582 e. The summed E-state index contributed by atoms with van der Waals surface area (Å²) in [5.41, 5.74) is 1.70. The van der Waals surface area contributed by atoms with E-state index in [4.69, 9.17) is 0 Å². The lowest BCUT2D eigenvalue weighted by molar-refractivity contribution is -0.0697. The van der Waals surface area contributed by atoms with Crippen molar-refractivity contribution in [2.24, 2.45) is 23.2 Å². The van der Waals surface area contributed by atoms with E-state index in [0.717, 1.165) is 29.9 Å². The number of hydrogen-bond donors (Lipinski definition) is 1. The van der Waals surface area contributed by atoms with Gasteiger partial charge >= 0.3 is 0 Å². The van der Waals surface area contributed by atoms with Gasteiger partial charge in [-0.1, -0.05) is 30.0 Å². The highest BCUT2D eigenvalue weighted by atomic mass is 14.9. The van der Waals surface area contributed by atoms with Crippen LogP contribution in [0.3, 0.4) is 0 Å². The van der Waals surface area contributed by atoms with Crippen LogP contribution < -0.4 is 5.32 Å². The summed E-state index contributed by atoms with van der Waals surface area (Å²) < 4.78 is 0. The Morgan fingerprint density at radius 3 is 2.23 bits per heavy atom. The van der Waals surface area contributed by atoms with Gasteiger partial charge in [-0.3, -0.25) is 0 Å². The molecule has 4 saturated carbocycles. The van der Waals surface area contributed by atoms with Crippen LogP contribution >= 0.6 is 0 Å². The zero-order chi connectivity index (χ0) is 15.0. The third-order valence-corrected chi connectivity index (χ3v) is 6.51. The Labute approximate surface area is 134 Å². The van der Waals surface area contributed by atoms with Gasteiger partial charge in [-0.15, -0.1) is 0 Å². The maximum absolute atomic E-state index is 3.74. The van der Waals surface area contributed by atoms with Gasteiger partial charge in [0, 0.05) is 11.6 Å². The molecule has 22 heavy (non-hydrogen) atoms. The van der Waals surface area contributed by atoms with Crippen LogP contribution in [0.4, 0.5) is 0 Å². The Balaban J connectivity index is 1.37. The minimum atomic E-state index is 0.586. The minimum Gasteiger partial charge on any atom is -0.303 e. The van der Waals surface area contributed by atoms with Gasteiger partial charge in [0.1, 0.15) is 0 Å². The molecule has 4 bridgehead atoms. The quantitative estimate of drug-likeness (QED) is 0.822. The third-order valence-electron chi connectivity index (χ3n) is 6.51. The van der Waals surface area contributed by atoms with Crippen molar-refractivity contribution in [2.45, 2.75) is 51.5 Å². The van der Waals surface area contributed by atoms with E-state index in [1.54, 1.807) is 0 Å². The molecule has 0 amide bonds. The average Bonchev–Trinajstić information content (AvgIpc) is 2.51. The molecule has 116 valence electrons. The van der Waals surface area contributed by atoms with Crippen LogP contribution in [0.2, 0.25) is 0 Å². The molecule has 1 aromatic carbocycles. The fraction of sp³-hybridized carbons (Fsp3) is 0.619. The number of benzene rings is 1. The molecule has 1 N–H and O–H groups in total. The Morgan fingerprint density at radius 2 is 1.64 bits per heavy atom. The van der Waals surface area contributed by atoms with E-state index in [-0.39, 0.29) is 0 Å². The maximum atomic E-state index is 3.74. The molecule has 4 aliphatic carbocycles. The fourth-order valence-electron chi connectivity index (χ4n) is 5.80. The van der Waals surface area contributed by atoms with Crippen LogP contribution in [0.5, 0.6) is 0 Å². The standard InChI is InChI=1S/C21H27N/c1-16(22-9-5-8-17-6-3-2-4-7-17)21-13-18-10-19(14-21)12-20(11-18)15-21/h2-4,6-7,16,18-20,22H,9-15H2,1H3/t16-,18?,19?,20?,21?/m1/s1. The SMILES string of the molecule is C[C@@H](NCC#Cc1ccccc1)C12CC3CC(CC(C3)C1)C2. The first kappa shape index (κ1) is 14.3. The molecule has 5 rings (SSSR count). The van der Waals surface area contributed by atoms with Crippen molar-refractivity contribution < 1.29 is 0 Å². The van der Waals surface area contributed by atoms with Crippen LogP contribution in [-0.2, 0) is 0 Å². The van der Waals surface area contributed by atoms with Crippen LogP contribution in [0, 0.1) is 35.0 Å². The van der Waals surface area contributed by atoms with Gasteiger partial charge in [-0.25, -0.2) is 0 Å². The van der Waals surface area contributed by atoms with E-state index in [1.807, 2.05) is 6.07 Å². The van der Waals surface area contributed by atoms with Gasteiger partial charge in [0.15, 0.2) is 0 Å². The van der Waals surface area contributed by atoms with E-state index in [1.165, 1.54) is 38.5 Å². The molecule has 0 heterocycles. The highest BCUT2D eigenvalue weighted by molar-refractivity contribution is 5.33. The van der Waals surface area contributed by atoms with Crippen molar-refractivity contribution in [3.8, 4) is 11.8 Å². The molecule has 0 spiro atoms. The highest BCUT2D eigenvalue weighted by Gasteiger charge is 2.52. The molecule has 0 aliphatic heterocycles. The lowest BCUT2D eigenvalue weighted by Crippen LogP contribution is -2.54. The Bertz CT molecular complexity index is 542.